The summed E-state index contributed by atoms with van der Waals surface area (Å²) in [6, 6.07) is 20.4. The van der Waals surface area contributed by atoms with Crippen LogP contribution in [0.5, 0.6) is 5.75 Å². The van der Waals surface area contributed by atoms with Gasteiger partial charge in [0.1, 0.15) is 5.75 Å². The van der Waals surface area contributed by atoms with E-state index in [0.717, 1.165) is 28.3 Å². The van der Waals surface area contributed by atoms with Gasteiger partial charge in [-0.2, -0.15) is 0 Å². The monoisotopic (exact) mass is 508 g/mol. The van der Waals surface area contributed by atoms with Gasteiger partial charge in [-0.25, -0.2) is 0 Å². The van der Waals surface area contributed by atoms with Crippen molar-refractivity contribution in [1.29, 1.82) is 0 Å². The maximum atomic E-state index is 10.6. The van der Waals surface area contributed by atoms with Gasteiger partial charge < -0.3 is 19.9 Å². The third-order valence-electron chi connectivity index (χ3n) is 6.17. The predicted octanol–water partition coefficient (Wildman–Crippen LogP) is 6.68. The summed E-state index contributed by atoms with van der Waals surface area (Å²) in [7, 11) is 0. The normalized spacial score (nSPS) is 17.8. The molecular weight excluding hydrogens is 487 g/mol. The molecule has 1 aliphatic heterocycles. The van der Waals surface area contributed by atoms with Gasteiger partial charge in [-0.15, -0.1) is 0 Å². The fourth-order valence-corrected chi connectivity index (χ4v) is 5.32. The molecule has 4 aromatic rings. The lowest BCUT2D eigenvalue weighted by Gasteiger charge is -2.28. The third kappa shape index (κ3) is 3.92. The number of pyridine rings is 1. The van der Waals surface area contributed by atoms with Crippen molar-refractivity contribution in [2.75, 3.05) is 4.90 Å². The zero-order valence-electron chi connectivity index (χ0n) is 18.5. The largest absolute Gasteiger partial charge is 0.506 e. The quantitative estimate of drug-likeness (QED) is 0.301. The summed E-state index contributed by atoms with van der Waals surface area (Å²) < 4.78 is 2.02. The molecule has 2 aromatic heterocycles. The minimum absolute atomic E-state index is 0.161. The zero-order valence-corrected chi connectivity index (χ0v) is 20.9. The van der Waals surface area contributed by atoms with Gasteiger partial charge in [0.15, 0.2) is 5.11 Å². The molecule has 2 atom stereocenters. The van der Waals surface area contributed by atoms with E-state index in [1.807, 2.05) is 60.9 Å². The van der Waals surface area contributed by atoms with Gasteiger partial charge in [0.25, 0.3) is 0 Å². The van der Waals surface area contributed by atoms with E-state index in [9.17, 15) is 5.11 Å². The molecule has 0 saturated carbocycles. The molecule has 8 heteroatoms. The number of aromatic hydroxyl groups is 1. The maximum Gasteiger partial charge on any atom is 0.174 e. The molecule has 0 amide bonds. The zero-order chi connectivity index (χ0) is 24.0. The highest BCUT2D eigenvalue weighted by atomic mass is 35.5. The summed E-state index contributed by atoms with van der Waals surface area (Å²) in [6.45, 7) is 4.06. The second-order valence-electron chi connectivity index (χ2n) is 8.27. The molecule has 2 aromatic carbocycles. The van der Waals surface area contributed by atoms with Gasteiger partial charge >= 0.3 is 0 Å². The number of hydrogen-bond donors (Lipinski definition) is 2. The van der Waals surface area contributed by atoms with Gasteiger partial charge in [0, 0.05) is 33.3 Å². The lowest BCUT2D eigenvalue weighted by atomic mass is 9.96. The van der Waals surface area contributed by atoms with Crippen LogP contribution in [0.4, 0.5) is 5.69 Å². The van der Waals surface area contributed by atoms with Crippen molar-refractivity contribution >= 4 is 46.2 Å². The Kier molecular flexibility index (Phi) is 5.98. The first-order valence-electron chi connectivity index (χ1n) is 10.8. The summed E-state index contributed by atoms with van der Waals surface area (Å²) in [5.74, 6) is 0.161. The molecule has 5 rings (SSSR count). The number of rotatable bonds is 4. The fraction of sp³-hybridized carbons (Fsp3) is 0.154. The second-order valence-corrected chi connectivity index (χ2v) is 9.53. The fourth-order valence-electron chi connectivity index (χ4n) is 4.68. The van der Waals surface area contributed by atoms with E-state index < -0.39 is 0 Å². The molecule has 1 fully saturated rings. The van der Waals surface area contributed by atoms with Crippen molar-refractivity contribution in [2.24, 2.45) is 0 Å². The average Bonchev–Trinajstić information content (AvgIpc) is 3.32. The Balaban J connectivity index is 1.70. The molecule has 5 nitrogen and oxygen atoms in total. The minimum atomic E-state index is -0.176. The van der Waals surface area contributed by atoms with Crippen molar-refractivity contribution in [3.63, 3.8) is 0 Å². The van der Waals surface area contributed by atoms with Gasteiger partial charge in [-0.05, 0) is 92.3 Å². The van der Waals surface area contributed by atoms with E-state index in [1.54, 1.807) is 24.4 Å². The Bertz CT molecular complexity index is 1370. The highest BCUT2D eigenvalue weighted by molar-refractivity contribution is 7.80. The predicted molar refractivity (Wildman–Crippen MR) is 141 cm³/mol. The number of phenols is 1. The smallest absolute Gasteiger partial charge is 0.174 e. The SMILES string of the molecule is Cc1cc([C@@H]2[C@@H](c3ccccn3)NC(=S)N2c2ccc(Cl)cc2)c(C)n1-c1cc(Cl)ccc1O. The number of aryl methyl sites for hydroxylation is 1. The lowest BCUT2D eigenvalue weighted by molar-refractivity contribution is 0.471. The van der Waals surface area contributed by atoms with Gasteiger partial charge in [0.05, 0.1) is 23.5 Å². The van der Waals surface area contributed by atoms with Crippen molar-refractivity contribution in [3.05, 3.63) is 106 Å². The number of phenolic OH excluding ortho intramolecular Hbond substituents is 1. The summed E-state index contributed by atoms with van der Waals surface area (Å²) >= 11 is 18.2. The second kappa shape index (κ2) is 8.95. The van der Waals surface area contributed by atoms with Crippen LogP contribution in [0.15, 0.2) is 72.9 Å². The number of hydrogen-bond acceptors (Lipinski definition) is 3. The number of thiocarbonyl (C=S) groups is 1. The number of aromatic nitrogens is 2. The van der Waals surface area contributed by atoms with Crippen LogP contribution in [0.1, 0.15) is 34.7 Å². The molecule has 0 unspecified atom stereocenters. The van der Waals surface area contributed by atoms with E-state index in [1.165, 1.54) is 0 Å². The Morgan fingerprint density at radius 2 is 1.71 bits per heavy atom. The summed E-state index contributed by atoms with van der Waals surface area (Å²) in [5.41, 5.74) is 5.47. The molecule has 3 heterocycles. The first-order chi connectivity index (χ1) is 16.3. The Hall–Kier alpha value is -3.06. The molecule has 0 aliphatic carbocycles. The summed E-state index contributed by atoms with van der Waals surface area (Å²) in [5, 5.41) is 15.9. The topological polar surface area (TPSA) is 53.3 Å². The summed E-state index contributed by atoms with van der Waals surface area (Å²) in [4.78, 5) is 6.73. The minimum Gasteiger partial charge on any atom is -0.506 e. The Morgan fingerprint density at radius 1 is 0.971 bits per heavy atom. The van der Waals surface area contributed by atoms with Crippen LogP contribution < -0.4 is 10.2 Å². The van der Waals surface area contributed by atoms with E-state index in [2.05, 4.69) is 21.3 Å². The number of nitrogens with one attached hydrogen (secondary N) is 1. The van der Waals surface area contributed by atoms with Crippen LogP contribution in [0.2, 0.25) is 10.0 Å². The van der Waals surface area contributed by atoms with Crippen LogP contribution in [0.25, 0.3) is 5.69 Å². The molecule has 0 bridgehead atoms. The first-order valence-corrected chi connectivity index (χ1v) is 12.0. The van der Waals surface area contributed by atoms with E-state index in [4.69, 9.17) is 35.4 Å². The van der Waals surface area contributed by atoms with Crippen LogP contribution in [-0.2, 0) is 0 Å². The summed E-state index contributed by atoms with van der Waals surface area (Å²) in [6.07, 6.45) is 1.79. The first kappa shape index (κ1) is 22.7. The van der Waals surface area contributed by atoms with Crippen molar-refractivity contribution < 1.29 is 5.11 Å². The number of nitrogens with zero attached hydrogens (tertiary/aromatic N) is 3. The highest BCUT2D eigenvalue weighted by Gasteiger charge is 2.42. The number of benzene rings is 2. The van der Waals surface area contributed by atoms with Crippen LogP contribution in [-0.4, -0.2) is 19.8 Å². The van der Waals surface area contributed by atoms with Crippen LogP contribution in [0.3, 0.4) is 0 Å². The molecule has 34 heavy (non-hydrogen) atoms. The lowest BCUT2D eigenvalue weighted by Crippen LogP contribution is -2.29. The molecule has 0 spiro atoms. The highest BCUT2D eigenvalue weighted by Crippen LogP contribution is 2.44. The average molecular weight is 509 g/mol. The molecule has 1 saturated heterocycles. The maximum absolute atomic E-state index is 10.6. The standard InChI is InChI=1S/C26H22Cl2N4OS/c1-15-13-20(16(2)31(15)22-14-18(28)8-11-23(22)33)25-24(21-5-3-4-12-29-21)30-26(34)32(25)19-9-6-17(27)7-10-19/h3-14,24-25,33H,1-2H3,(H,30,34)/t24-,25-/m1/s1. The molecule has 0 radical (unpaired) electrons. The third-order valence-corrected chi connectivity index (χ3v) is 6.97. The van der Waals surface area contributed by atoms with E-state index >= 15 is 0 Å². The van der Waals surface area contributed by atoms with Crippen molar-refractivity contribution in [1.82, 2.24) is 14.9 Å². The molecular formula is C26H22Cl2N4OS. The molecule has 172 valence electrons. The van der Waals surface area contributed by atoms with Crippen LogP contribution in [0, 0.1) is 13.8 Å². The van der Waals surface area contributed by atoms with E-state index in [-0.39, 0.29) is 17.8 Å². The van der Waals surface area contributed by atoms with Crippen molar-refractivity contribution in [3.8, 4) is 11.4 Å². The molecule has 2 N–H and O–H groups in total. The van der Waals surface area contributed by atoms with Crippen molar-refractivity contribution in [2.45, 2.75) is 25.9 Å². The van der Waals surface area contributed by atoms with Gasteiger partial charge in [0.2, 0.25) is 0 Å². The van der Waals surface area contributed by atoms with Gasteiger partial charge in [-0.3, -0.25) is 4.98 Å². The number of anilines is 1. The van der Waals surface area contributed by atoms with Crippen LogP contribution >= 0.6 is 35.4 Å². The van der Waals surface area contributed by atoms with E-state index in [0.29, 0.717) is 20.8 Å². The Morgan fingerprint density at radius 3 is 2.41 bits per heavy atom. The molecule has 1 aliphatic rings. The Labute approximate surface area is 213 Å². The van der Waals surface area contributed by atoms with Gasteiger partial charge in [-0.1, -0.05) is 29.3 Å². The number of halogens is 2.